The highest BCUT2D eigenvalue weighted by molar-refractivity contribution is 5.90. The Morgan fingerprint density at radius 2 is 1.87 bits per heavy atom. The van der Waals surface area contributed by atoms with Crippen molar-refractivity contribution in [3.8, 4) is 11.5 Å². The average molecular weight is 204 g/mol. The van der Waals surface area contributed by atoms with Crippen LogP contribution in [0.5, 0.6) is 11.5 Å². The minimum atomic E-state index is -1.44. The van der Waals surface area contributed by atoms with Crippen LogP contribution in [0.15, 0.2) is 36.4 Å². The Morgan fingerprint density at radius 1 is 1.13 bits per heavy atom. The third-order valence-electron chi connectivity index (χ3n) is 2.06. The summed E-state index contributed by atoms with van der Waals surface area (Å²) < 4.78 is 4.42. The minimum Gasteiger partial charge on any atom is -0.504 e. The quantitative estimate of drug-likeness (QED) is 0.553. The maximum absolute atomic E-state index is 10.3. The van der Waals surface area contributed by atoms with Crippen LogP contribution in [0, 0.1) is 0 Å². The predicted molar refractivity (Wildman–Crippen MR) is 54.3 cm³/mol. The number of phenolic OH excluding ortho intramolecular Hbond substituents is 1. The largest absolute Gasteiger partial charge is 0.511 e. The Morgan fingerprint density at radius 3 is 2.60 bits per heavy atom. The summed E-state index contributed by atoms with van der Waals surface area (Å²) in [5.74, 6) is -0.211. The molecule has 0 fully saturated rings. The number of fused-ring (bicyclic) bond motifs is 1. The van der Waals surface area contributed by atoms with Gasteiger partial charge in [0, 0.05) is 5.39 Å². The molecular formula is C11H8O4. The van der Waals surface area contributed by atoms with Gasteiger partial charge in [-0.15, -0.1) is 0 Å². The van der Waals surface area contributed by atoms with Crippen LogP contribution in [-0.4, -0.2) is 16.4 Å². The van der Waals surface area contributed by atoms with Gasteiger partial charge in [-0.1, -0.05) is 30.3 Å². The molecule has 2 aromatic carbocycles. The summed E-state index contributed by atoms with van der Waals surface area (Å²) >= 11 is 0. The van der Waals surface area contributed by atoms with Gasteiger partial charge in [0.15, 0.2) is 11.5 Å². The van der Waals surface area contributed by atoms with E-state index in [9.17, 15) is 9.90 Å². The molecule has 4 heteroatoms. The van der Waals surface area contributed by atoms with E-state index >= 15 is 0 Å². The molecule has 0 radical (unpaired) electrons. The van der Waals surface area contributed by atoms with Gasteiger partial charge in [0.05, 0.1) is 0 Å². The molecule has 0 aliphatic heterocycles. The molecular weight excluding hydrogens is 196 g/mol. The second-order valence-corrected chi connectivity index (χ2v) is 3.00. The fourth-order valence-corrected chi connectivity index (χ4v) is 1.41. The maximum Gasteiger partial charge on any atom is 0.511 e. The maximum atomic E-state index is 10.3. The van der Waals surface area contributed by atoms with Crippen molar-refractivity contribution < 1.29 is 19.7 Å². The highest BCUT2D eigenvalue weighted by Gasteiger charge is 2.09. The number of carboxylic acid groups (broad SMARTS) is 1. The van der Waals surface area contributed by atoms with Crippen molar-refractivity contribution in [3.63, 3.8) is 0 Å². The normalized spacial score (nSPS) is 10.1. The predicted octanol–water partition coefficient (Wildman–Crippen LogP) is 2.60. The van der Waals surface area contributed by atoms with Crippen molar-refractivity contribution in [3.05, 3.63) is 36.4 Å². The smallest absolute Gasteiger partial charge is 0.504 e. The molecule has 0 spiro atoms. The first-order chi connectivity index (χ1) is 7.18. The van der Waals surface area contributed by atoms with Crippen LogP contribution in [0.3, 0.4) is 0 Å². The second-order valence-electron chi connectivity index (χ2n) is 3.00. The summed E-state index contributed by atoms with van der Waals surface area (Å²) in [6.07, 6.45) is -1.44. The van der Waals surface area contributed by atoms with Gasteiger partial charge >= 0.3 is 6.16 Å². The SMILES string of the molecule is O=C(O)Oc1ccc2ccccc2c1O. The van der Waals surface area contributed by atoms with E-state index in [4.69, 9.17) is 5.11 Å². The molecule has 0 heterocycles. The van der Waals surface area contributed by atoms with Crippen LogP contribution >= 0.6 is 0 Å². The van der Waals surface area contributed by atoms with Crippen LogP contribution in [0.25, 0.3) is 10.8 Å². The highest BCUT2D eigenvalue weighted by Crippen LogP contribution is 2.34. The van der Waals surface area contributed by atoms with Gasteiger partial charge in [0.25, 0.3) is 0 Å². The van der Waals surface area contributed by atoms with E-state index in [2.05, 4.69) is 4.74 Å². The summed E-state index contributed by atoms with van der Waals surface area (Å²) in [7, 11) is 0. The lowest BCUT2D eigenvalue weighted by atomic mass is 10.1. The van der Waals surface area contributed by atoms with Crippen molar-refractivity contribution in [1.82, 2.24) is 0 Å². The average Bonchev–Trinajstić information content (AvgIpc) is 2.22. The summed E-state index contributed by atoms with van der Waals surface area (Å²) in [6, 6.07) is 10.2. The Kier molecular flexibility index (Phi) is 2.17. The molecule has 0 atom stereocenters. The van der Waals surface area contributed by atoms with E-state index < -0.39 is 6.16 Å². The molecule has 4 nitrogen and oxygen atoms in total. The first-order valence-electron chi connectivity index (χ1n) is 4.30. The lowest BCUT2D eigenvalue weighted by molar-refractivity contribution is 0.143. The standard InChI is InChI=1S/C11H8O4/c12-10-8-4-2-1-3-7(8)5-6-9(10)15-11(13)14/h1-6,12H,(H,13,14). The molecule has 0 amide bonds. The van der Waals surface area contributed by atoms with Crippen molar-refractivity contribution in [2.45, 2.75) is 0 Å². The summed E-state index contributed by atoms with van der Waals surface area (Å²) in [5, 5.41) is 19.5. The number of ether oxygens (including phenoxy) is 1. The van der Waals surface area contributed by atoms with Gasteiger partial charge in [-0.25, -0.2) is 4.79 Å². The van der Waals surface area contributed by atoms with Crippen molar-refractivity contribution in [1.29, 1.82) is 0 Å². The van der Waals surface area contributed by atoms with Gasteiger partial charge in [-0.3, -0.25) is 0 Å². The molecule has 0 aliphatic carbocycles. The minimum absolute atomic E-state index is 0.0544. The Bertz CT molecular complexity index is 519. The van der Waals surface area contributed by atoms with E-state index in [1.165, 1.54) is 6.07 Å². The zero-order valence-corrected chi connectivity index (χ0v) is 7.68. The van der Waals surface area contributed by atoms with Crippen molar-refractivity contribution in [2.75, 3.05) is 0 Å². The lowest BCUT2D eigenvalue weighted by Gasteiger charge is -2.05. The topological polar surface area (TPSA) is 66.8 Å². The van der Waals surface area contributed by atoms with Crippen LogP contribution < -0.4 is 4.74 Å². The monoisotopic (exact) mass is 204 g/mol. The Hall–Kier alpha value is -2.23. The number of carbonyl (C=O) groups is 1. The Labute approximate surface area is 85.3 Å². The first-order valence-corrected chi connectivity index (χ1v) is 4.30. The van der Waals surface area contributed by atoms with Crippen LogP contribution in [0.1, 0.15) is 0 Å². The zero-order valence-electron chi connectivity index (χ0n) is 7.68. The molecule has 0 aromatic heterocycles. The Balaban J connectivity index is 2.59. The highest BCUT2D eigenvalue weighted by atomic mass is 16.7. The number of aromatic hydroxyl groups is 1. The second kappa shape index (κ2) is 3.49. The van der Waals surface area contributed by atoms with Gasteiger partial charge < -0.3 is 14.9 Å². The van der Waals surface area contributed by atoms with Crippen molar-refractivity contribution >= 4 is 16.9 Å². The molecule has 2 rings (SSSR count). The summed E-state index contributed by atoms with van der Waals surface area (Å²) in [6.45, 7) is 0. The third-order valence-corrected chi connectivity index (χ3v) is 2.06. The fourth-order valence-electron chi connectivity index (χ4n) is 1.41. The lowest BCUT2D eigenvalue weighted by Crippen LogP contribution is -2.02. The molecule has 0 saturated carbocycles. The van der Waals surface area contributed by atoms with E-state index in [0.29, 0.717) is 5.39 Å². The van der Waals surface area contributed by atoms with E-state index in [-0.39, 0.29) is 11.5 Å². The number of benzene rings is 2. The summed E-state index contributed by atoms with van der Waals surface area (Å²) in [4.78, 5) is 10.3. The molecule has 0 bridgehead atoms. The molecule has 0 saturated heterocycles. The third kappa shape index (κ3) is 1.69. The number of hydrogen-bond acceptors (Lipinski definition) is 3. The van der Waals surface area contributed by atoms with Gasteiger partial charge in [0.2, 0.25) is 0 Å². The molecule has 0 unspecified atom stereocenters. The van der Waals surface area contributed by atoms with Crippen LogP contribution in [-0.2, 0) is 0 Å². The number of rotatable bonds is 1. The summed E-state index contributed by atoms with van der Waals surface area (Å²) in [5.41, 5.74) is 0. The van der Waals surface area contributed by atoms with Gasteiger partial charge in [-0.2, -0.15) is 0 Å². The molecule has 2 aromatic rings. The fraction of sp³-hybridized carbons (Fsp3) is 0. The number of hydrogen-bond donors (Lipinski definition) is 2. The molecule has 15 heavy (non-hydrogen) atoms. The molecule has 76 valence electrons. The number of phenols is 1. The van der Waals surface area contributed by atoms with Crippen LogP contribution in [0.4, 0.5) is 4.79 Å². The van der Waals surface area contributed by atoms with Gasteiger partial charge in [-0.05, 0) is 11.5 Å². The van der Waals surface area contributed by atoms with Gasteiger partial charge in [0.1, 0.15) is 0 Å². The van der Waals surface area contributed by atoms with Crippen molar-refractivity contribution in [2.24, 2.45) is 0 Å². The van der Waals surface area contributed by atoms with E-state index in [0.717, 1.165) is 5.39 Å². The van der Waals surface area contributed by atoms with Crippen LogP contribution in [0.2, 0.25) is 0 Å². The van der Waals surface area contributed by atoms with E-state index in [1.54, 1.807) is 18.2 Å². The van der Waals surface area contributed by atoms with E-state index in [1.807, 2.05) is 12.1 Å². The zero-order chi connectivity index (χ0) is 10.8. The first kappa shape index (κ1) is 9.33. The molecule has 2 N–H and O–H groups in total. The molecule has 0 aliphatic rings.